The number of methoxy groups -OCH3 is 5. The maximum absolute atomic E-state index is 14.4. The number of nitrogens with zero attached hydrogens (tertiary/aromatic N) is 2. The predicted octanol–water partition coefficient (Wildman–Crippen LogP) is 4.50. The molecule has 0 radical (unpaired) electrons. The minimum Gasteiger partial charge on any atom is -0.492 e. The molecule has 14 N–H and O–H groups in total. The lowest BCUT2D eigenvalue weighted by atomic mass is 9.75. The molecule has 21 atom stereocenters. The van der Waals surface area contributed by atoms with Crippen LogP contribution in [0, 0.1) is 40.1 Å². The van der Waals surface area contributed by atoms with Crippen LogP contribution in [0.3, 0.4) is 0 Å². The van der Waals surface area contributed by atoms with Gasteiger partial charge in [-0.3, -0.25) is 43.8 Å². The first-order valence-corrected chi connectivity index (χ1v) is 46.4. The van der Waals surface area contributed by atoms with E-state index in [1.807, 2.05) is 36.4 Å². The third kappa shape index (κ3) is 26.9. The number of unbranched alkanes of at least 4 members (excludes halogenated alkanes) is 2. The van der Waals surface area contributed by atoms with Crippen molar-refractivity contribution in [2.24, 2.45) is 11.7 Å². The molecule has 2 bridgehead atoms. The Morgan fingerprint density at radius 1 is 0.805 bits per heavy atom. The summed E-state index contributed by atoms with van der Waals surface area (Å²) in [7, 11) is 9.61. The Morgan fingerprint density at radius 3 is 2.16 bits per heavy atom. The van der Waals surface area contributed by atoms with Gasteiger partial charge < -0.3 is 124 Å². The summed E-state index contributed by atoms with van der Waals surface area (Å²) in [5.41, 5.74) is 7.17. The molecule has 4 saturated heterocycles. The number of carbonyl (C=O) groups excluding carboxylic acids is 9. The number of amides is 9. The van der Waals surface area contributed by atoms with E-state index in [9.17, 15) is 73.8 Å². The van der Waals surface area contributed by atoms with Crippen molar-refractivity contribution in [2.75, 3.05) is 72.9 Å². The number of thiol groups is 1. The monoisotopic (exact) mass is 1960 g/mol. The fourth-order valence-corrected chi connectivity index (χ4v) is 19.1. The van der Waals surface area contributed by atoms with Crippen molar-refractivity contribution < 1.29 is 140 Å². The highest BCUT2D eigenvalue weighted by molar-refractivity contribution is 14.1. The van der Waals surface area contributed by atoms with Crippen molar-refractivity contribution in [1.29, 1.82) is 0 Å². The number of aliphatic hydroxyl groups is 6. The van der Waals surface area contributed by atoms with Gasteiger partial charge in [0.15, 0.2) is 41.8 Å². The normalized spacial score (nSPS) is 28.5. The lowest BCUT2D eigenvalue weighted by Gasteiger charge is -2.47. The van der Waals surface area contributed by atoms with Gasteiger partial charge in [-0.15, -0.1) is 0 Å². The first-order chi connectivity index (χ1) is 61.0. The Hall–Kier alpha value is -8.04. The molecule has 9 rings (SSSR count). The maximum Gasteiger partial charge on any atom is 0.411 e. The number of hydroxylamine groups is 1. The number of nitrogens with two attached hydrogens (primary N) is 1. The molecule has 706 valence electrons. The standard InChI is InChI=1S/C86H118IN9O29S3/c1-15-95(85(110)118-41-49-27-29-50(30-28-49)90-78(105)52(24-23-35-89-83(88)108)91-79(106)66(43(2)3)92-58(99)26-20-18-22-36-96-59(100)31-32-60(96)101)53-42-117-61(39-57(53)112-10)123-75-70(103)67(46(7)120-82(75)122-56-25-19-16-17-21-34-86(111)40-55(98)68(93-84(109)116-14)64(56)51(86)33-37-126-128-44(4)5)94-125-62-38-54(97)77(48(9)119-62)127-80(107)63-45(6)65(87)73(76(115-13)72(63)113-11)124-81-71(104)74(114-12)69(102)47(8)121-81/h16-17,27-33,43-44,46-48,52-54,56-57,61-62,66-67,69-71,74-75,77,81-82,94,97,102-104,107,111,127H,15,18,20,22-24,26,35-42H2,1-14H3,(H,90,105)(H,91,106)(H,92,99)(H,93,109)(H3,88,89,108)/t46-,47+,48-,52+,53+,54+,56+,57+,61+,62+,66+,67-,69+,70+,71-,74-,75-,77-,81+,82+,86+/m1/s1. The van der Waals surface area contributed by atoms with Crippen LogP contribution in [0.5, 0.6) is 17.2 Å². The van der Waals surface area contributed by atoms with Gasteiger partial charge in [-0.05, 0) is 124 Å². The number of Topliss-reactive ketones (excluding diaryl/α,β-unsaturated/α-hetero) is 1. The lowest BCUT2D eigenvalue weighted by Crippen LogP contribution is -2.65. The number of ether oxygens (including phenoxy) is 13. The Bertz CT molecular complexity index is 4530. The molecular formula is C86H118IN9O29S3. The van der Waals surface area contributed by atoms with Gasteiger partial charge in [0.25, 0.3) is 11.8 Å². The third-order valence-electron chi connectivity index (χ3n) is 22.1. The molecular weight excluding hydrogens is 1850 g/mol. The van der Waals surface area contributed by atoms with E-state index in [4.69, 9.17) is 72.2 Å². The van der Waals surface area contributed by atoms with Gasteiger partial charge in [0, 0.05) is 93.1 Å². The van der Waals surface area contributed by atoms with E-state index in [0.29, 0.717) is 39.6 Å². The van der Waals surface area contributed by atoms with Crippen molar-refractivity contribution in [3.8, 4) is 40.9 Å². The Kier molecular flexibility index (Phi) is 39.6. The molecule has 2 aliphatic carbocycles. The molecule has 9 amide bonds. The zero-order chi connectivity index (χ0) is 93.5. The third-order valence-corrected chi connectivity index (χ3v) is 27.7. The number of rotatable bonds is 40. The van der Waals surface area contributed by atoms with E-state index in [1.165, 1.54) is 68.4 Å². The number of urea groups is 1. The molecule has 5 aliphatic heterocycles. The molecule has 128 heavy (non-hydrogen) atoms. The molecule has 2 aromatic rings. The number of carbonyl (C=O) groups is 9. The van der Waals surface area contributed by atoms with Crippen LogP contribution in [0.15, 0.2) is 71.5 Å². The summed E-state index contributed by atoms with van der Waals surface area (Å²) in [6.07, 6.45) is -12.9. The number of allylic oxidation sites excluding steroid dienone is 3. The van der Waals surface area contributed by atoms with Crippen LogP contribution in [0.1, 0.15) is 130 Å². The topological polar surface area (TPSA) is 509 Å². The number of nitrogens with one attached hydrogen (secondary N) is 6. The molecule has 4 fully saturated rings. The number of alkyl carbamates (subject to hydrolysis) is 1. The maximum atomic E-state index is 14.4. The molecule has 2 aromatic carbocycles. The van der Waals surface area contributed by atoms with Gasteiger partial charge in [-0.1, -0.05) is 97.6 Å². The van der Waals surface area contributed by atoms with E-state index in [2.05, 4.69) is 55.7 Å². The van der Waals surface area contributed by atoms with E-state index < -0.39 is 193 Å². The molecule has 7 aliphatic rings. The predicted molar refractivity (Wildman–Crippen MR) is 479 cm³/mol. The number of aliphatic hydroxyl groups excluding tert-OH is 5. The number of ketones is 1. The molecule has 0 spiro atoms. The van der Waals surface area contributed by atoms with Crippen molar-refractivity contribution in [3.05, 3.63) is 91.7 Å². The number of imide groups is 1. The average molecular weight is 1970 g/mol. The van der Waals surface area contributed by atoms with Crippen molar-refractivity contribution >= 4 is 120 Å². The number of fused-ring (bicyclic) bond motifs is 2. The van der Waals surface area contributed by atoms with Crippen molar-refractivity contribution in [2.45, 2.75) is 259 Å². The molecule has 0 unspecified atom stereocenters. The first kappa shape index (κ1) is 104. The number of hydrogen-bond donors (Lipinski definition) is 14. The second-order valence-corrected chi connectivity index (χ2v) is 37.1. The number of hydrogen-bond acceptors (Lipinski definition) is 31. The second-order valence-electron chi connectivity index (χ2n) is 31.7. The van der Waals surface area contributed by atoms with E-state index >= 15 is 0 Å². The summed E-state index contributed by atoms with van der Waals surface area (Å²) in [5.74, 6) is 8.35. The summed E-state index contributed by atoms with van der Waals surface area (Å²) in [6, 6.07) is 1.33. The summed E-state index contributed by atoms with van der Waals surface area (Å²) in [5, 5.41) is 84.0. The average Bonchev–Trinajstić information content (AvgIpc) is 0.795. The fraction of sp³-hybridized carbons (Fsp3) is 0.605. The van der Waals surface area contributed by atoms with Crippen LogP contribution >= 0.6 is 55.5 Å². The van der Waals surface area contributed by atoms with E-state index in [-0.39, 0.29) is 132 Å². The zero-order valence-electron chi connectivity index (χ0n) is 73.7. The first-order valence-electron chi connectivity index (χ1n) is 42.0. The molecule has 5 heterocycles. The second kappa shape index (κ2) is 48.9. The number of halogens is 1. The zero-order valence-corrected chi connectivity index (χ0v) is 78.4. The summed E-state index contributed by atoms with van der Waals surface area (Å²) in [6.45, 7) is 15.7. The highest BCUT2D eigenvalue weighted by atomic mass is 127. The number of anilines is 1. The fourth-order valence-electron chi connectivity index (χ4n) is 15.3. The SMILES string of the molecule is CCN(C(=O)OCc1ccc(NC(=O)[C@H](CCCNC(N)=O)NC(=O)[C@@H](NC(=O)CCCCCN2C(=O)C=CC2=O)C(C)C)cc1)[C@H]1CO[C@@H](O[C@H]2[C@H](O[C@H]3C#CC=CC#C[C@]4(O)CC(=O)C(NC(=O)OC)=C3C4=CCSSC(C)C)O[C@H](C)[C@@H](NO[C@H]3C[C@H](O)[C@H]([SH]=C(O)c4c(C)c(I)c(O[C@@H]5O[C@@H](C)[C@H](O)[C@@H](OC)[C@H]5O)c(OC)c4OC)[C@@H](C)O3)[C@@H]2O)C[C@@H]1OC. The van der Waals surface area contributed by atoms with Gasteiger partial charge in [0.1, 0.15) is 60.4 Å². The molecule has 38 nitrogen and oxygen atoms in total. The summed E-state index contributed by atoms with van der Waals surface area (Å²) in [4.78, 5) is 127. The lowest BCUT2D eigenvalue weighted by molar-refractivity contribution is -0.337. The van der Waals surface area contributed by atoms with Crippen LogP contribution < -0.4 is 52.0 Å². The molecule has 0 aromatic heterocycles. The quantitative estimate of drug-likeness (QED) is 0.00638. The van der Waals surface area contributed by atoms with Gasteiger partial charge in [0.05, 0.1) is 97.0 Å². The van der Waals surface area contributed by atoms with Crippen LogP contribution in [-0.2, 0) is 87.6 Å². The van der Waals surface area contributed by atoms with Crippen LogP contribution in [0.2, 0.25) is 0 Å². The van der Waals surface area contributed by atoms with Crippen LogP contribution in [0.4, 0.5) is 20.1 Å². The highest BCUT2D eigenvalue weighted by Crippen LogP contribution is 2.49. The van der Waals surface area contributed by atoms with Crippen molar-refractivity contribution in [3.63, 3.8) is 0 Å². The van der Waals surface area contributed by atoms with Gasteiger partial charge in [0.2, 0.25) is 29.8 Å². The number of likely N-dealkylation sites (N-methyl/N-ethyl adjacent to an activating group) is 1. The van der Waals surface area contributed by atoms with E-state index in [0.717, 1.165) is 12.0 Å². The minimum atomic E-state index is -2.16. The highest BCUT2D eigenvalue weighted by Gasteiger charge is 2.53. The van der Waals surface area contributed by atoms with Gasteiger partial charge in [-0.2, -0.15) is 16.8 Å². The number of primary amides is 1. The van der Waals surface area contributed by atoms with Crippen molar-refractivity contribution in [1.82, 2.24) is 36.5 Å². The summed E-state index contributed by atoms with van der Waals surface area (Å²) >= 11 is 2.20. The molecule has 0 saturated carbocycles. The smallest absolute Gasteiger partial charge is 0.411 e. The molecule has 42 heteroatoms. The van der Waals surface area contributed by atoms with E-state index in [1.54, 1.807) is 89.6 Å². The van der Waals surface area contributed by atoms with Crippen LogP contribution in [0.25, 0.3) is 0 Å². The van der Waals surface area contributed by atoms with Crippen LogP contribution in [-0.4, -0.2) is 299 Å². The summed E-state index contributed by atoms with van der Waals surface area (Å²) < 4.78 is 79.8. The minimum absolute atomic E-state index is 0.0395. The Morgan fingerprint density at radius 2 is 1.51 bits per heavy atom. The van der Waals surface area contributed by atoms with Gasteiger partial charge in [-0.25, -0.2) is 14.4 Å². The Labute approximate surface area is 768 Å². The van der Waals surface area contributed by atoms with Gasteiger partial charge >= 0.3 is 18.2 Å². The Balaban J connectivity index is 0.903. The largest absolute Gasteiger partial charge is 0.492 e. The number of benzene rings is 2.